The third kappa shape index (κ3) is 2.42. The Morgan fingerprint density at radius 1 is 1.45 bits per heavy atom. The summed E-state index contributed by atoms with van der Waals surface area (Å²) in [4.78, 5) is 15.2. The summed E-state index contributed by atoms with van der Waals surface area (Å²) in [5.41, 5.74) is 7.66. The van der Waals surface area contributed by atoms with Crippen molar-refractivity contribution in [3.63, 3.8) is 0 Å². The van der Waals surface area contributed by atoms with Gasteiger partial charge in [-0.15, -0.1) is 0 Å². The minimum Gasteiger partial charge on any atom is -0.394 e. The standard InChI is InChI=1S/C15H19N3O2/c16-12(14(20)18-15(9-19)5-6-15)7-10-8-17-13-4-2-1-3-11(10)13/h1-4,8,12,17,19H,5-7,9,16H2,(H,18,20)/t12-/m1/s1. The van der Waals surface area contributed by atoms with Crippen molar-refractivity contribution in [2.24, 2.45) is 5.73 Å². The molecule has 1 atom stereocenters. The molecule has 0 saturated heterocycles. The van der Waals surface area contributed by atoms with E-state index in [0.29, 0.717) is 6.42 Å². The number of hydrogen-bond acceptors (Lipinski definition) is 3. The lowest BCUT2D eigenvalue weighted by Gasteiger charge is -2.18. The van der Waals surface area contributed by atoms with Crippen molar-refractivity contribution in [1.82, 2.24) is 10.3 Å². The van der Waals surface area contributed by atoms with E-state index in [-0.39, 0.29) is 12.5 Å². The summed E-state index contributed by atoms with van der Waals surface area (Å²) >= 11 is 0. The van der Waals surface area contributed by atoms with Gasteiger partial charge in [0.05, 0.1) is 18.2 Å². The minimum absolute atomic E-state index is 0.0153. The number of aromatic amines is 1. The fraction of sp³-hybridized carbons (Fsp3) is 0.400. The molecule has 1 saturated carbocycles. The number of benzene rings is 1. The first kappa shape index (κ1) is 13.1. The van der Waals surface area contributed by atoms with Crippen LogP contribution in [0.5, 0.6) is 0 Å². The number of fused-ring (bicyclic) bond motifs is 1. The zero-order valence-electron chi connectivity index (χ0n) is 11.2. The van der Waals surface area contributed by atoms with Gasteiger partial charge in [-0.3, -0.25) is 4.79 Å². The molecule has 0 aliphatic heterocycles. The van der Waals surface area contributed by atoms with Crippen LogP contribution in [-0.2, 0) is 11.2 Å². The maximum atomic E-state index is 12.1. The Labute approximate surface area is 117 Å². The highest BCUT2D eigenvalue weighted by molar-refractivity contribution is 5.86. The Hall–Kier alpha value is -1.85. The second kappa shape index (κ2) is 4.92. The molecule has 0 radical (unpaired) electrons. The van der Waals surface area contributed by atoms with Crippen molar-refractivity contribution >= 4 is 16.8 Å². The number of rotatable bonds is 5. The van der Waals surface area contributed by atoms with Crippen molar-refractivity contribution in [2.75, 3.05) is 6.61 Å². The van der Waals surface area contributed by atoms with E-state index in [2.05, 4.69) is 10.3 Å². The summed E-state index contributed by atoms with van der Waals surface area (Å²) in [5.74, 6) is -0.193. The van der Waals surface area contributed by atoms with Crippen LogP contribution in [-0.4, -0.2) is 34.2 Å². The van der Waals surface area contributed by atoms with Gasteiger partial charge in [0.25, 0.3) is 0 Å². The number of carbonyl (C=O) groups excluding carboxylic acids is 1. The highest BCUT2D eigenvalue weighted by Crippen LogP contribution is 2.34. The molecule has 0 bridgehead atoms. The topological polar surface area (TPSA) is 91.1 Å². The summed E-state index contributed by atoms with van der Waals surface area (Å²) in [6.45, 7) is -0.0153. The first-order chi connectivity index (χ1) is 9.63. The summed E-state index contributed by atoms with van der Waals surface area (Å²) < 4.78 is 0. The molecule has 1 aromatic heterocycles. The maximum absolute atomic E-state index is 12.1. The van der Waals surface area contributed by atoms with E-state index in [1.165, 1.54) is 0 Å². The van der Waals surface area contributed by atoms with Gasteiger partial charge >= 0.3 is 0 Å². The molecule has 0 spiro atoms. The van der Waals surface area contributed by atoms with E-state index in [4.69, 9.17) is 5.73 Å². The molecule has 1 amide bonds. The largest absolute Gasteiger partial charge is 0.394 e. The van der Waals surface area contributed by atoms with Crippen LogP contribution >= 0.6 is 0 Å². The van der Waals surface area contributed by atoms with Gasteiger partial charge in [-0.1, -0.05) is 18.2 Å². The van der Waals surface area contributed by atoms with Gasteiger partial charge in [-0.05, 0) is 30.9 Å². The van der Waals surface area contributed by atoms with Crippen molar-refractivity contribution in [2.45, 2.75) is 30.8 Å². The lowest BCUT2D eigenvalue weighted by molar-refractivity contribution is -0.123. The molecule has 20 heavy (non-hydrogen) atoms. The Kier molecular flexibility index (Phi) is 3.23. The average Bonchev–Trinajstić information content (AvgIpc) is 3.13. The fourth-order valence-corrected chi connectivity index (χ4v) is 2.46. The number of aromatic nitrogens is 1. The van der Waals surface area contributed by atoms with Gasteiger partial charge in [0.15, 0.2) is 0 Å². The van der Waals surface area contributed by atoms with Gasteiger partial charge in [0.2, 0.25) is 5.91 Å². The highest BCUT2D eigenvalue weighted by atomic mass is 16.3. The van der Waals surface area contributed by atoms with Gasteiger partial charge < -0.3 is 21.1 Å². The number of aliphatic hydroxyl groups excluding tert-OH is 1. The quantitative estimate of drug-likeness (QED) is 0.645. The highest BCUT2D eigenvalue weighted by Gasteiger charge is 2.44. The Bertz CT molecular complexity index is 631. The number of H-pyrrole nitrogens is 1. The van der Waals surface area contributed by atoms with Gasteiger partial charge in [-0.2, -0.15) is 0 Å². The van der Waals surface area contributed by atoms with Crippen LogP contribution in [0.1, 0.15) is 18.4 Å². The Balaban J connectivity index is 1.69. The Morgan fingerprint density at radius 2 is 2.20 bits per heavy atom. The molecule has 1 aliphatic carbocycles. The molecule has 5 N–H and O–H groups in total. The van der Waals surface area contributed by atoms with Crippen LogP contribution < -0.4 is 11.1 Å². The van der Waals surface area contributed by atoms with Crippen LogP contribution in [0.25, 0.3) is 10.9 Å². The van der Waals surface area contributed by atoms with E-state index in [1.807, 2.05) is 30.5 Å². The van der Waals surface area contributed by atoms with Crippen molar-refractivity contribution < 1.29 is 9.90 Å². The number of carbonyl (C=O) groups is 1. The number of amides is 1. The number of para-hydroxylation sites is 1. The van der Waals surface area contributed by atoms with Gasteiger partial charge in [-0.25, -0.2) is 0 Å². The molecule has 1 fully saturated rings. The van der Waals surface area contributed by atoms with Gasteiger partial charge in [0, 0.05) is 17.1 Å². The van der Waals surface area contributed by atoms with Crippen LogP contribution in [0, 0.1) is 0 Å². The molecule has 1 heterocycles. The predicted octanol–water partition coefficient (Wildman–Crippen LogP) is 0.679. The molecule has 5 heteroatoms. The monoisotopic (exact) mass is 273 g/mol. The van der Waals surface area contributed by atoms with Crippen molar-refractivity contribution in [3.05, 3.63) is 36.0 Å². The molecule has 5 nitrogen and oxygen atoms in total. The molecule has 1 aliphatic rings. The second-order valence-electron chi connectivity index (χ2n) is 5.60. The lowest BCUT2D eigenvalue weighted by atomic mass is 10.0. The zero-order chi connectivity index (χ0) is 14.2. The summed E-state index contributed by atoms with van der Waals surface area (Å²) in [7, 11) is 0. The van der Waals surface area contributed by atoms with E-state index in [9.17, 15) is 9.90 Å². The minimum atomic E-state index is -0.599. The first-order valence-corrected chi connectivity index (χ1v) is 6.87. The fourth-order valence-electron chi connectivity index (χ4n) is 2.46. The number of nitrogens with two attached hydrogens (primary N) is 1. The third-order valence-corrected chi connectivity index (χ3v) is 4.00. The smallest absolute Gasteiger partial charge is 0.237 e. The van der Waals surface area contributed by atoms with Crippen LogP contribution in [0.15, 0.2) is 30.5 Å². The summed E-state index contributed by atoms with van der Waals surface area (Å²) in [6, 6.07) is 7.35. The predicted molar refractivity (Wildman–Crippen MR) is 77.2 cm³/mol. The van der Waals surface area contributed by atoms with E-state index >= 15 is 0 Å². The summed E-state index contributed by atoms with van der Waals surface area (Å²) in [5, 5.41) is 13.2. The molecule has 106 valence electrons. The maximum Gasteiger partial charge on any atom is 0.237 e. The van der Waals surface area contributed by atoms with Crippen molar-refractivity contribution in [1.29, 1.82) is 0 Å². The average molecular weight is 273 g/mol. The Morgan fingerprint density at radius 3 is 2.90 bits per heavy atom. The van der Waals surface area contributed by atoms with Crippen LogP contribution in [0.4, 0.5) is 0 Å². The molecule has 1 aromatic carbocycles. The SMILES string of the molecule is N[C@H](Cc1c[nH]c2ccccc12)C(=O)NC1(CO)CC1. The zero-order valence-corrected chi connectivity index (χ0v) is 11.2. The number of aliphatic hydroxyl groups is 1. The third-order valence-electron chi connectivity index (χ3n) is 4.00. The molecule has 3 rings (SSSR count). The van der Waals surface area contributed by atoms with Crippen LogP contribution in [0.3, 0.4) is 0 Å². The number of nitrogens with one attached hydrogen (secondary N) is 2. The van der Waals surface area contributed by atoms with Crippen LogP contribution in [0.2, 0.25) is 0 Å². The normalized spacial score (nSPS) is 17.9. The van der Waals surface area contributed by atoms with Gasteiger partial charge in [0.1, 0.15) is 0 Å². The molecule has 0 unspecified atom stereocenters. The second-order valence-corrected chi connectivity index (χ2v) is 5.60. The summed E-state index contributed by atoms with van der Waals surface area (Å²) in [6.07, 6.45) is 4.04. The van der Waals surface area contributed by atoms with Crippen molar-refractivity contribution in [3.8, 4) is 0 Å². The molecule has 2 aromatic rings. The molecular formula is C15H19N3O2. The lowest BCUT2D eigenvalue weighted by Crippen LogP contribution is -2.49. The van der Waals surface area contributed by atoms with E-state index in [0.717, 1.165) is 29.3 Å². The first-order valence-electron chi connectivity index (χ1n) is 6.87. The number of hydrogen-bond donors (Lipinski definition) is 4. The van der Waals surface area contributed by atoms with E-state index in [1.54, 1.807) is 0 Å². The molecular weight excluding hydrogens is 254 g/mol. The van der Waals surface area contributed by atoms with E-state index < -0.39 is 11.6 Å².